The molecule has 1 aromatic carbocycles. The van der Waals surface area contributed by atoms with Crippen molar-refractivity contribution in [1.29, 1.82) is 0 Å². The van der Waals surface area contributed by atoms with Gasteiger partial charge in [-0.25, -0.2) is 9.78 Å². The minimum atomic E-state index is -0.733. The summed E-state index contributed by atoms with van der Waals surface area (Å²) < 4.78 is 14.7. The molecular weight excluding hydrogens is 366 g/mol. The summed E-state index contributed by atoms with van der Waals surface area (Å²) in [6.45, 7) is 2.59. The minimum Gasteiger partial charge on any atom is -0.486 e. The minimum absolute atomic E-state index is 0.189. The Labute approximate surface area is 158 Å². The lowest BCUT2D eigenvalue weighted by Crippen LogP contribution is -2.38. The molecule has 3 heterocycles. The number of hydrogen-bond acceptors (Lipinski definition) is 6. The molecule has 1 unspecified atom stereocenters. The van der Waals surface area contributed by atoms with E-state index in [1.54, 1.807) is 25.1 Å². The fourth-order valence-corrected chi connectivity index (χ4v) is 3.15. The van der Waals surface area contributed by atoms with Gasteiger partial charge < -0.3 is 19.4 Å². The second-order valence-electron chi connectivity index (χ2n) is 6.55. The van der Waals surface area contributed by atoms with Gasteiger partial charge in [0.15, 0.2) is 22.7 Å². The maximum atomic E-state index is 12.8. The first-order valence-electron chi connectivity index (χ1n) is 8.71. The van der Waals surface area contributed by atoms with Crippen molar-refractivity contribution in [2.45, 2.75) is 13.0 Å². The van der Waals surface area contributed by atoms with E-state index in [4.69, 9.17) is 9.47 Å². The van der Waals surface area contributed by atoms with Crippen LogP contribution in [0.4, 0.5) is 5.69 Å². The average Bonchev–Trinajstić information content (AvgIpc) is 3.15. The van der Waals surface area contributed by atoms with E-state index < -0.39 is 17.3 Å². The average molecular weight is 385 g/mol. The van der Waals surface area contributed by atoms with Gasteiger partial charge in [0.05, 0.1) is 6.33 Å². The molecule has 0 saturated carbocycles. The molecule has 2 aromatic heterocycles. The van der Waals surface area contributed by atoms with Gasteiger partial charge in [-0.1, -0.05) is 0 Å². The molecule has 1 atom stereocenters. The number of nitrogens with zero attached hydrogens (tertiary/aromatic N) is 4. The Bertz CT molecular complexity index is 1210. The number of benzene rings is 1. The lowest BCUT2D eigenvalue weighted by atomic mass is 10.2. The topological polar surface area (TPSA) is 109 Å². The number of imidazole rings is 1. The van der Waals surface area contributed by atoms with Crippen molar-refractivity contribution in [3.8, 4) is 11.5 Å². The van der Waals surface area contributed by atoms with E-state index in [-0.39, 0.29) is 17.1 Å². The fourth-order valence-electron chi connectivity index (χ4n) is 3.15. The summed E-state index contributed by atoms with van der Waals surface area (Å²) in [7, 11) is 2.92. The molecule has 0 fully saturated rings. The van der Waals surface area contributed by atoms with Crippen molar-refractivity contribution in [3.05, 3.63) is 45.4 Å². The fraction of sp³-hybridized carbons (Fsp3) is 0.333. The Balaban J connectivity index is 1.66. The summed E-state index contributed by atoms with van der Waals surface area (Å²) in [6, 6.07) is 4.40. The largest absolute Gasteiger partial charge is 0.486 e. The second kappa shape index (κ2) is 6.55. The van der Waals surface area contributed by atoms with E-state index in [0.717, 1.165) is 4.57 Å². The lowest BCUT2D eigenvalue weighted by molar-refractivity contribution is -0.118. The zero-order chi connectivity index (χ0) is 20.0. The van der Waals surface area contributed by atoms with Gasteiger partial charge in [-0.05, 0) is 19.1 Å². The number of amides is 1. The lowest BCUT2D eigenvalue weighted by Gasteiger charge is -2.20. The first-order chi connectivity index (χ1) is 13.4. The van der Waals surface area contributed by atoms with Gasteiger partial charge in [-0.15, -0.1) is 0 Å². The van der Waals surface area contributed by atoms with Crippen LogP contribution in [0.15, 0.2) is 34.1 Å². The van der Waals surface area contributed by atoms with Crippen LogP contribution in [0.1, 0.15) is 13.0 Å². The third-order valence-corrected chi connectivity index (χ3v) is 4.78. The summed E-state index contributed by atoms with van der Waals surface area (Å²) in [4.78, 5) is 41.5. The van der Waals surface area contributed by atoms with Crippen molar-refractivity contribution < 1.29 is 14.3 Å². The molecule has 10 nitrogen and oxygen atoms in total. The van der Waals surface area contributed by atoms with E-state index in [1.807, 2.05) is 0 Å². The van der Waals surface area contributed by atoms with Gasteiger partial charge in [-0.2, -0.15) is 0 Å². The highest BCUT2D eigenvalue weighted by Crippen LogP contribution is 2.32. The second-order valence-corrected chi connectivity index (χ2v) is 6.55. The maximum absolute atomic E-state index is 12.8. The molecule has 1 aliphatic rings. The number of carbonyl (C=O) groups excluding carboxylic acids is 1. The van der Waals surface area contributed by atoms with Crippen molar-refractivity contribution in [1.82, 2.24) is 18.7 Å². The third kappa shape index (κ3) is 2.73. The van der Waals surface area contributed by atoms with E-state index >= 15 is 0 Å². The molecule has 1 N–H and O–H groups in total. The maximum Gasteiger partial charge on any atom is 0.332 e. The van der Waals surface area contributed by atoms with Crippen LogP contribution in [0.2, 0.25) is 0 Å². The summed E-state index contributed by atoms with van der Waals surface area (Å²) in [5.41, 5.74) is -0.0157. The normalized spacial score (nSPS) is 14.1. The molecule has 10 heteroatoms. The number of rotatable bonds is 3. The van der Waals surface area contributed by atoms with Crippen LogP contribution >= 0.6 is 0 Å². The Hall–Kier alpha value is -3.56. The summed E-state index contributed by atoms with van der Waals surface area (Å²) in [5, 5.41) is 2.80. The molecule has 0 bridgehead atoms. The van der Waals surface area contributed by atoms with Gasteiger partial charge in [0.1, 0.15) is 19.3 Å². The first kappa shape index (κ1) is 17.8. The first-order valence-corrected chi connectivity index (χ1v) is 8.71. The van der Waals surface area contributed by atoms with Crippen LogP contribution in [-0.2, 0) is 18.9 Å². The summed E-state index contributed by atoms with van der Waals surface area (Å²) >= 11 is 0. The number of carbonyl (C=O) groups is 1. The van der Waals surface area contributed by atoms with Crippen molar-refractivity contribution >= 4 is 22.8 Å². The molecule has 0 radical (unpaired) electrons. The van der Waals surface area contributed by atoms with Crippen LogP contribution in [0.5, 0.6) is 11.5 Å². The molecule has 4 rings (SSSR count). The molecule has 0 aliphatic carbocycles. The summed E-state index contributed by atoms with van der Waals surface area (Å²) in [5.74, 6) is 0.850. The molecule has 1 aliphatic heterocycles. The van der Waals surface area contributed by atoms with Crippen molar-refractivity contribution in [2.24, 2.45) is 14.1 Å². The van der Waals surface area contributed by atoms with E-state index in [9.17, 15) is 14.4 Å². The molecule has 0 spiro atoms. The zero-order valence-corrected chi connectivity index (χ0v) is 15.6. The monoisotopic (exact) mass is 385 g/mol. The highest BCUT2D eigenvalue weighted by atomic mass is 16.6. The highest BCUT2D eigenvalue weighted by Gasteiger charge is 2.22. The number of aromatic nitrogens is 4. The Morgan fingerprint density at radius 2 is 1.86 bits per heavy atom. The van der Waals surface area contributed by atoms with Crippen molar-refractivity contribution in [3.63, 3.8) is 0 Å². The predicted octanol–water partition coefficient (Wildman–Crippen LogP) is 0.405. The zero-order valence-electron chi connectivity index (χ0n) is 15.6. The predicted molar refractivity (Wildman–Crippen MR) is 101 cm³/mol. The van der Waals surface area contributed by atoms with Gasteiger partial charge in [0.2, 0.25) is 5.91 Å². The number of aryl methyl sites for hydroxylation is 1. The van der Waals surface area contributed by atoms with Crippen LogP contribution in [0, 0.1) is 0 Å². The van der Waals surface area contributed by atoms with Crippen LogP contribution in [0.25, 0.3) is 11.2 Å². The molecule has 146 valence electrons. The molecule has 0 saturated heterocycles. The Morgan fingerprint density at radius 3 is 2.61 bits per heavy atom. The van der Waals surface area contributed by atoms with Gasteiger partial charge >= 0.3 is 5.69 Å². The molecule has 28 heavy (non-hydrogen) atoms. The number of ether oxygens (including phenoxy) is 2. The van der Waals surface area contributed by atoms with E-state index in [0.29, 0.717) is 30.4 Å². The SMILES string of the molecule is CC(C(=O)Nc1ccc2c(c1)OCCO2)n1cnc2c1c(=O)n(C)c(=O)n2C. The smallest absolute Gasteiger partial charge is 0.332 e. The summed E-state index contributed by atoms with van der Waals surface area (Å²) in [6.07, 6.45) is 1.39. The van der Waals surface area contributed by atoms with Crippen molar-refractivity contribution in [2.75, 3.05) is 18.5 Å². The van der Waals surface area contributed by atoms with Gasteiger partial charge in [-0.3, -0.25) is 18.7 Å². The molecule has 3 aromatic rings. The highest BCUT2D eigenvalue weighted by molar-refractivity contribution is 5.94. The van der Waals surface area contributed by atoms with Gasteiger partial charge in [0.25, 0.3) is 5.56 Å². The molecule has 1 amide bonds. The number of nitrogens with one attached hydrogen (secondary N) is 1. The van der Waals surface area contributed by atoms with E-state index in [1.165, 1.54) is 29.6 Å². The third-order valence-electron chi connectivity index (χ3n) is 4.78. The number of fused-ring (bicyclic) bond motifs is 2. The van der Waals surface area contributed by atoms with Crippen LogP contribution in [-0.4, -0.2) is 37.8 Å². The van der Waals surface area contributed by atoms with Gasteiger partial charge in [0, 0.05) is 25.8 Å². The standard InChI is InChI=1S/C18H19N5O5/c1-10(16(24)20-11-4-5-12-13(8-11)28-7-6-27-12)23-9-19-15-14(23)17(25)22(3)18(26)21(15)2/h4-5,8-10H,6-7H2,1-3H3,(H,20,24). The molecular formula is C18H19N5O5. The van der Waals surface area contributed by atoms with E-state index in [2.05, 4.69) is 10.3 Å². The number of hydrogen-bond donors (Lipinski definition) is 1. The Morgan fingerprint density at radius 1 is 1.14 bits per heavy atom. The van der Waals surface area contributed by atoms with Crippen LogP contribution < -0.4 is 26.0 Å². The van der Waals surface area contributed by atoms with Crippen LogP contribution in [0.3, 0.4) is 0 Å². The Kier molecular flexibility index (Phi) is 4.17. The quantitative estimate of drug-likeness (QED) is 0.699. The number of anilines is 1.